The number of imide groups is 1. The maximum Gasteiger partial charge on any atom is 0.586 e. The van der Waals surface area contributed by atoms with Crippen LogP contribution in [0.1, 0.15) is 23.2 Å². The van der Waals surface area contributed by atoms with Crippen LogP contribution in [0.3, 0.4) is 0 Å². The SMILES string of the molecule is C=C1N[C@H]2[C@H](CN3C(=O)CCC3=O)N=C(NC(=O)OCC(Cl)(Cl)Cl)N3CC(NC(=O)c4cccc5c4OC(F)(F)O5)C(O)(O)[C@]23N1. The smallest absolute Gasteiger partial charge is 0.445 e. The van der Waals surface area contributed by atoms with Gasteiger partial charge in [0.1, 0.15) is 12.6 Å². The highest BCUT2D eigenvalue weighted by molar-refractivity contribution is 6.67. The fourth-order valence-corrected chi connectivity index (χ4v) is 6.27. The number of hydrogen-bond donors (Lipinski definition) is 6. The Kier molecular flexibility index (Phi) is 7.59. The van der Waals surface area contributed by atoms with E-state index in [1.165, 1.54) is 11.0 Å². The number of benzene rings is 1. The number of guanidine groups is 1. The van der Waals surface area contributed by atoms with E-state index in [1.54, 1.807) is 0 Å². The highest BCUT2D eigenvalue weighted by Crippen LogP contribution is 2.46. The number of alkyl carbamates (subject to hydrolysis) is 1. The van der Waals surface area contributed by atoms with E-state index >= 15 is 0 Å². The minimum absolute atomic E-state index is 0.0357. The Bertz CT molecular complexity index is 1560. The molecular weight excluding hydrogens is 687 g/mol. The summed E-state index contributed by atoms with van der Waals surface area (Å²) in [4.78, 5) is 57.8. The molecule has 0 radical (unpaired) electrons. The molecule has 6 N–H and O–H groups in total. The van der Waals surface area contributed by atoms with Gasteiger partial charge in [-0.25, -0.2) is 9.79 Å². The molecule has 21 heteroatoms. The van der Waals surface area contributed by atoms with Crippen molar-refractivity contribution in [1.82, 2.24) is 31.1 Å². The van der Waals surface area contributed by atoms with Crippen molar-refractivity contribution in [2.24, 2.45) is 4.99 Å². The molecule has 0 bridgehead atoms. The Morgan fingerprint density at radius 1 is 1.20 bits per heavy atom. The first-order valence-electron chi connectivity index (χ1n) is 13.5. The second-order valence-electron chi connectivity index (χ2n) is 10.9. The number of fused-ring (bicyclic) bond motifs is 1. The van der Waals surface area contributed by atoms with Gasteiger partial charge in [-0.3, -0.25) is 24.6 Å². The lowest BCUT2D eigenvalue weighted by Crippen LogP contribution is -2.78. The van der Waals surface area contributed by atoms with E-state index in [-0.39, 0.29) is 31.2 Å². The lowest BCUT2D eigenvalue weighted by Gasteiger charge is -2.49. The average molecular weight is 711 g/mol. The topological polar surface area (TPSA) is 203 Å². The molecule has 5 aliphatic heterocycles. The van der Waals surface area contributed by atoms with E-state index in [2.05, 4.69) is 42.3 Å². The number of rotatable bonds is 5. The van der Waals surface area contributed by atoms with Crippen LogP contribution in [0.4, 0.5) is 13.6 Å². The molecule has 3 saturated heterocycles. The number of hydrogen-bond acceptors (Lipinski definition) is 13. The van der Waals surface area contributed by atoms with Crippen LogP contribution in [0.15, 0.2) is 35.6 Å². The number of carbonyl (C=O) groups is 4. The zero-order valence-corrected chi connectivity index (χ0v) is 25.5. The number of halogens is 5. The van der Waals surface area contributed by atoms with E-state index in [1.807, 2.05) is 0 Å². The van der Waals surface area contributed by atoms with E-state index in [0.717, 1.165) is 17.0 Å². The third-order valence-corrected chi connectivity index (χ3v) is 8.30. The van der Waals surface area contributed by atoms with Crippen LogP contribution in [0, 0.1) is 0 Å². The molecule has 1 aromatic rings. The normalized spacial score (nSPS) is 28.6. The predicted molar refractivity (Wildman–Crippen MR) is 152 cm³/mol. The zero-order valence-electron chi connectivity index (χ0n) is 23.2. The average Bonchev–Trinajstić information content (AvgIpc) is 3.64. The van der Waals surface area contributed by atoms with Gasteiger partial charge in [0.2, 0.25) is 27.4 Å². The summed E-state index contributed by atoms with van der Waals surface area (Å²) in [6, 6.07) is -0.357. The molecule has 5 heterocycles. The highest BCUT2D eigenvalue weighted by atomic mass is 35.6. The summed E-state index contributed by atoms with van der Waals surface area (Å²) < 4.78 is 39.4. The number of aliphatic imine (C=N–C) groups is 1. The summed E-state index contributed by atoms with van der Waals surface area (Å²) in [5.74, 6) is -6.26. The minimum Gasteiger partial charge on any atom is -0.445 e. The van der Waals surface area contributed by atoms with Gasteiger partial charge in [0.25, 0.3) is 5.91 Å². The molecule has 1 aromatic carbocycles. The number of nitrogens with zero attached hydrogens (tertiary/aromatic N) is 3. The van der Waals surface area contributed by atoms with Crippen LogP contribution in [-0.4, -0.2) is 109 Å². The lowest BCUT2D eigenvalue weighted by molar-refractivity contribution is -0.286. The molecule has 5 aliphatic rings. The van der Waals surface area contributed by atoms with Crippen molar-refractivity contribution in [3.63, 3.8) is 0 Å². The number of carbonyl (C=O) groups excluding carboxylic acids is 4. The molecule has 16 nitrogen and oxygen atoms in total. The van der Waals surface area contributed by atoms with Gasteiger partial charge in [0.05, 0.1) is 30.0 Å². The molecule has 3 fully saturated rings. The molecule has 4 atom stereocenters. The Morgan fingerprint density at radius 2 is 1.89 bits per heavy atom. The molecule has 0 aromatic heterocycles. The monoisotopic (exact) mass is 709 g/mol. The van der Waals surface area contributed by atoms with Crippen molar-refractivity contribution in [3.05, 3.63) is 36.2 Å². The summed E-state index contributed by atoms with van der Waals surface area (Å²) >= 11 is 17.0. The van der Waals surface area contributed by atoms with Crippen LogP contribution in [-0.2, 0) is 14.3 Å². The number of nitrogens with one attached hydrogen (secondary N) is 4. The number of para-hydroxylation sites is 1. The minimum atomic E-state index is -4.04. The van der Waals surface area contributed by atoms with Crippen LogP contribution < -0.4 is 30.7 Å². The van der Waals surface area contributed by atoms with E-state index in [0.29, 0.717) is 0 Å². The maximum absolute atomic E-state index is 13.8. The summed E-state index contributed by atoms with van der Waals surface area (Å²) in [5, 5.41) is 34.2. The van der Waals surface area contributed by atoms with Crippen LogP contribution in [0.25, 0.3) is 0 Å². The number of likely N-dealkylation sites (tertiary alicyclic amines) is 1. The lowest BCUT2D eigenvalue weighted by atomic mass is 9.85. The number of aliphatic hydroxyl groups is 2. The van der Waals surface area contributed by atoms with Crippen molar-refractivity contribution in [3.8, 4) is 11.5 Å². The van der Waals surface area contributed by atoms with Crippen LogP contribution in [0.2, 0.25) is 0 Å². The Hall–Kier alpha value is -3.84. The van der Waals surface area contributed by atoms with Crippen molar-refractivity contribution in [1.29, 1.82) is 0 Å². The third-order valence-electron chi connectivity index (χ3n) is 7.97. The van der Waals surface area contributed by atoms with Crippen molar-refractivity contribution < 1.29 is 52.4 Å². The molecule has 1 spiro atoms. The van der Waals surface area contributed by atoms with E-state index in [4.69, 9.17) is 39.5 Å². The Balaban J connectivity index is 1.35. The fourth-order valence-electron chi connectivity index (χ4n) is 6.10. The van der Waals surface area contributed by atoms with Crippen LogP contribution in [0.5, 0.6) is 11.5 Å². The Morgan fingerprint density at radius 3 is 2.57 bits per heavy atom. The van der Waals surface area contributed by atoms with Gasteiger partial charge in [-0.2, -0.15) is 0 Å². The summed E-state index contributed by atoms with van der Waals surface area (Å²) in [6.45, 7) is 2.31. The van der Waals surface area contributed by atoms with Gasteiger partial charge < -0.3 is 45.3 Å². The maximum atomic E-state index is 13.8. The van der Waals surface area contributed by atoms with Gasteiger partial charge in [-0.1, -0.05) is 47.4 Å². The molecular formula is C25H24Cl3F2N7O9. The molecule has 4 amide bonds. The van der Waals surface area contributed by atoms with Gasteiger partial charge in [-0.15, -0.1) is 8.78 Å². The number of ether oxygens (including phenoxy) is 3. The number of alkyl halides is 5. The second-order valence-corrected chi connectivity index (χ2v) is 13.4. The summed E-state index contributed by atoms with van der Waals surface area (Å²) in [6.07, 6.45) is -5.29. The second kappa shape index (κ2) is 10.9. The van der Waals surface area contributed by atoms with Crippen molar-refractivity contribution in [2.45, 2.75) is 52.5 Å². The van der Waals surface area contributed by atoms with E-state index < -0.39 is 93.7 Å². The molecule has 0 saturated carbocycles. The van der Waals surface area contributed by atoms with Crippen molar-refractivity contribution in [2.75, 3.05) is 19.7 Å². The molecule has 6 rings (SSSR count). The molecule has 1 unspecified atom stereocenters. The van der Waals surface area contributed by atoms with Crippen LogP contribution >= 0.6 is 34.8 Å². The highest BCUT2D eigenvalue weighted by Gasteiger charge is 2.74. The Labute approximate surface area is 272 Å². The van der Waals surface area contributed by atoms with Gasteiger partial charge >= 0.3 is 12.4 Å². The molecule has 46 heavy (non-hydrogen) atoms. The van der Waals surface area contributed by atoms with Gasteiger partial charge in [-0.05, 0) is 12.1 Å². The quantitative estimate of drug-likeness (QED) is 0.134. The third kappa shape index (κ3) is 5.36. The van der Waals surface area contributed by atoms with Gasteiger partial charge in [0.15, 0.2) is 17.2 Å². The fraction of sp³-hybridized carbons (Fsp3) is 0.480. The first-order chi connectivity index (χ1) is 21.4. The largest absolute Gasteiger partial charge is 0.586 e. The summed E-state index contributed by atoms with van der Waals surface area (Å²) in [5.41, 5.74) is -2.49. The van der Waals surface area contributed by atoms with Crippen molar-refractivity contribution >= 4 is 64.6 Å². The first kappa shape index (κ1) is 32.1. The van der Waals surface area contributed by atoms with E-state index in [9.17, 15) is 38.2 Å². The van der Waals surface area contributed by atoms with Gasteiger partial charge in [0, 0.05) is 19.4 Å². The molecule has 0 aliphatic carbocycles. The summed E-state index contributed by atoms with van der Waals surface area (Å²) in [7, 11) is 0. The standard InChI is InChI=1S/C25H24Cl3F2N7O9/c1-10-31-18-12(7-36-15(38)5-6-16(36)39)32-20(34-21(41)44-9-22(26,27)28)37-8-14(24(42,43)23(18,37)35-10)33-19(40)11-3-2-4-13-17(11)46-25(29,30)45-13/h2-4,12,14,18,31,35,42-43H,1,5-9H2,(H,33,40)(H,32,34,41)/t12-,14?,18-,23-/m0/s1. The number of amides is 4. The zero-order chi connectivity index (χ0) is 33.4. The first-order valence-corrected chi connectivity index (χ1v) is 14.6. The molecule has 248 valence electrons. The predicted octanol–water partition coefficient (Wildman–Crippen LogP) is -0.184.